The third-order valence-corrected chi connectivity index (χ3v) is 5.19. The normalized spacial score (nSPS) is 13.4. The number of hydrogen-bond donors (Lipinski definition) is 2. The van der Waals surface area contributed by atoms with Crippen LogP contribution >= 0.6 is 0 Å². The first-order valence-corrected chi connectivity index (χ1v) is 9.74. The molecule has 1 aliphatic heterocycles. The highest BCUT2D eigenvalue weighted by atomic mass is 19.4. The number of methoxy groups -OCH3 is 1. The number of alkyl halides is 3. The molecule has 0 saturated carbocycles. The lowest BCUT2D eigenvalue weighted by Gasteiger charge is -2.28. The van der Waals surface area contributed by atoms with Crippen molar-refractivity contribution in [2.75, 3.05) is 19.0 Å². The fourth-order valence-electron chi connectivity index (χ4n) is 3.44. The minimum absolute atomic E-state index is 0.106. The number of nitrogens with one attached hydrogen (secondary N) is 2. The van der Waals surface area contributed by atoms with Gasteiger partial charge in [-0.3, -0.25) is 4.79 Å². The first kappa shape index (κ1) is 21.4. The first-order valence-electron chi connectivity index (χ1n) is 9.74. The Morgan fingerprint density at radius 1 is 1.12 bits per heavy atom. The van der Waals surface area contributed by atoms with E-state index >= 15 is 0 Å². The Bertz CT molecular complexity index is 1190. The van der Waals surface area contributed by atoms with Crippen molar-refractivity contribution in [3.8, 4) is 17.1 Å². The summed E-state index contributed by atoms with van der Waals surface area (Å²) in [6, 6.07) is 10.8. The summed E-state index contributed by atoms with van der Waals surface area (Å²) in [5.41, 5.74) is 0.873. The molecule has 7 nitrogen and oxygen atoms in total. The zero-order valence-electron chi connectivity index (χ0n) is 17.0. The highest BCUT2D eigenvalue weighted by Crippen LogP contribution is 2.30. The van der Waals surface area contributed by atoms with Crippen LogP contribution in [-0.4, -0.2) is 34.6 Å². The SMILES string of the molecule is COc1ccc(-c2nc3c(c(=O)[nH]2)CCN(C(=O)Nc2ccc(C(F)(F)F)cc2)C3)cc1. The molecule has 0 atom stereocenters. The Kier molecular flexibility index (Phi) is 5.60. The molecule has 2 amide bonds. The fourth-order valence-corrected chi connectivity index (χ4v) is 3.44. The van der Waals surface area contributed by atoms with Gasteiger partial charge < -0.3 is 19.9 Å². The van der Waals surface area contributed by atoms with E-state index in [1.165, 1.54) is 17.0 Å². The number of fused-ring (bicyclic) bond motifs is 1. The van der Waals surface area contributed by atoms with Crippen LogP contribution in [0.2, 0.25) is 0 Å². The van der Waals surface area contributed by atoms with Crippen LogP contribution in [0.15, 0.2) is 53.3 Å². The monoisotopic (exact) mass is 444 g/mol. The number of benzene rings is 2. The van der Waals surface area contributed by atoms with E-state index in [1.807, 2.05) is 0 Å². The predicted molar refractivity (Wildman–Crippen MR) is 111 cm³/mol. The van der Waals surface area contributed by atoms with Crippen molar-refractivity contribution in [2.45, 2.75) is 19.1 Å². The second-order valence-electron chi connectivity index (χ2n) is 7.25. The van der Waals surface area contributed by atoms with Crippen molar-refractivity contribution in [1.82, 2.24) is 14.9 Å². The zero-order valence-corrected chi connectivity index (χ0v) is 17.0. The Morgan fingerprint density at radius 3 is 2.44 bits per heavy atom. The van der Waals surface area contributed by atoms with Gasteiger partial charge in [-0.15, -0.1) is 0 Å². The molecule has 0 radical (unpaired) electrons. The molecule has 0 unspecified atom stereocenters. The van der Waals surface area contributed by atoms with Crippen LogP contribution in [0.4, 0.5) is 23.7 Å². The maximum atomic E-state index is 12.7. The molecule has 4 rings (SSSR count). The standard InChI is InChI=1S/C22H19F3N4O3/c1-32-16-8-2-13(3-9-16)19-27-18-12-29(11-10-17(18)20(30)28-19)21(31)26-15-6-4-14(5-7-15)22(23,24)25/h2-9H,10-12H2,1H3,(H,26,31)(H,27,28,30). The molecule has 2 aromatic carbocycles. The lowest BCUT2D eigenvalue weighted by molar-refractivity contribution is -0.137. The van der Waals surface area contributed by atoms with Crippen molar-refractivity contribution in [2.24, 2.45) is 0 Å². The van der Waals surface area contributed by atoms with Gasteiger partial charge in [0.1, 0.15) is 11.6 Å². The molecular weight excluding hydrogens is 425 g/mol. The number of amides is 2. The number of carbonyl (C=O) groups is 1. The molecule has 166 valence electrons. The number of hydrogen-bond acceptors (Lipinski definition) is 4. The summed E-state index contributed by atoms with van der Waals surface area (Å²) in [5.74, 6) is 1.04. The van der Waals surface area contributed by atoms with E-state index in [4.69, 9.17) is 4.74 Å². The molecule has 0 bridgehead atoms. The molecule has 1 aliphatic rings. The first-order chi connectivity index (χ1) is 15.2. The van der Waals surface area contributed by atoms with E-state index in [-0.39, 0.29) is 24.3 Å². The molecule has 0 aliphatic carbocycles. The van der Waals surface area contributed by atoms with Crippen LogP contribution < -0.4 is 15.6 Å². The van der Waals surface area contributed by atoms with Crippen molar-refractivity contribution in [3.05, 3.63) is 75.7 Å². The second-order valence-corrected chi connectivity index (χ2v) is 7.25. The topological polar surface area (TPSA) is 87.3 Å². The predicted octanol–water partition coefficient (Wildman–Crippen LogP) is 4.05. The van der Waals surface area contributed by atoms with Crippen LogP contribution in [0.5, 0.6) is 5.75 Å². The van der Waals surface area contributed by atoms with Crippen LogP contribution in [0, 0.1) is 0 Å². The van der Waals surface area contributed by atoms with E-state index in [2.05, 4.69) is 15.3 Å². The molecular formula is C22H19F3N4O3. The van der Waals surface area contributed by atoms with Gasteiger partial charge in [-0.05, 0) is 55.0 Å². The van der Waals surface area contributed by atoms with Crippen molar-refractivity contribution in [1.29, 1.82) is 0 Å². The number of urea groups is 1. The van der Waals surface area contributed by atoms with Gasteiger partial charge in [0.05, 0.1) is 24.9 Å². The zero-order chi connectivity index (χ0) is 22.9. The van der Waals surface area contributed by atoms with Gasteiger partial charge in [0, 0.05) is 23.4 Å². The van der Waals surface area contributed by atoms with Crippen LogP contribution in [-0.2, 0) is 19.1 Å². The molecule has 3 aromatic rings. The molecule has 32 heavy (non-hydrogen) atoms. The fraction of sp³-hybridized carbons (Fsp3) is 0.227. The number of rotatable bonds is 3. The van der Waals surface area contributed by atoms with Crippen molar-refractivity contribution >= 4 is 11.7 Å². The lowest BCUT2D eigenvalue weighted by Crippen LogP contribution is -2.41. The van der Waals surface area contributed by atoms with Gasteiger partial charge in [-0.25, -0.2) is 9.78 Å². The number of aromatic nitrogens is 2. The van der Waals surface area contributed by atoms with Gasteiger partial charge in [0.15, 0.2) is 0 Å². The Labute approximate surface area is 180 Å². The van der Waals surface area contributed by atoms with Gasteiger partial charge in [-0.1, -0.05) is 0 Å². The number of ether oxygens (including phenoxy) is 1. The Hall–Kier alpha value is -3.82. The van der Waals surface area contributed by atoms with Gasteiger partial charge >= 0.3 is 12.2 Å². The van der Waals surface area contributed by atoms with Gasteiger partial charge in [0.25, 0.3) is 5.56 Å². The van der Waals surface area contributed by atoms with Crippen LogP contribution in [0.3, 0.4) is 0 Å². The summed E-state index contributed by atoms with van der Waals surface area (Å²) in [6.45, 7) is 0.390. The van der Waals surface area contributed by atoms with Crippen molar-refractivity contribution < 1.29 is 22.7 Å². The lowest BCUT2D eigenvalue weighted by atomic mass is 10.1. The van der Waals surface area contributed by atoms with E-state index in [1.54, 1.807) is 31.4 Å². The third-order valence-electron chi connectivity index (χ3n) is 5.19. The second kappa shape index (κ2) is 8.37. The van der Waals surface area contributed by atoms with E-state index < -0.39 is 17.8 Å². The maximum absolute atomic E-state index is 12.7. The minimum Gasteiger partial charge on any atom is -0.497 e. The quantitative estimate of drug-likeness (QED) is 0.638. The summed E-state index contributed by atoms with van der Waals surface area (Å²) in [7, 11) is 1.55. The Morgan fingerprint density at radius 2 is 1.81 bits per heavy atom. The summed E-state index contributed by atoms with van der Waals surface area (Å²) in [4.78, 5) is 33.9. The summed E-state index contributed by atoms with van der Waals surface area (Å²) >= 11 is 0. The number of nitrogens with zero attached hydrogens (tertiary/aromatic N) is 2. The number of H-pyrrole nitrogens is 1. The average molecular weight is 444 g/mol. The maximum Gasteiger partial charge on any atom is 0.416 e. The molecule has 10 heteroatoms. The molecule has 0 spiro atoms. The van der Waals surface area contributed by atoms with E-state index in [0.717, 1.165) is 12.1 Å². The van der Waals surface area contributed by atoms with Crippen molar-refractivity contribution in [3.63, 3.8) is 0 Å². The molecule has 2 N–H and O–H groups in total. The van der Waals surface area contributed by atoms with E-state index in [9.17, 15) is 22.8 Å². The summed E-state index contributed by atoms with van der Waals surface area (Å²) < 4.78 is 43.2. The number of aromatic amines is 1. The summed E-state index contributed by atoms with van der Waals surface area (Å²) in [5, 5.41) is 2.59. The molecule has 1 aromatic heterocycles. The van der Waals surface area contributed by atoms with Crippen LogP contribution in [0.25, 0.3) is 11.4 Å². The van der Waals surface area contributed by atoms with Gasteiger partial charge in [-0.2, -0.15) is 13.2 Å². The number of halogens is 3. The number of carbonyl (C=O) groups excluding carboxylic acids is 1. The highest BCUT2D eigenvalue weighted by Gasteiger charge is 2.30. The third kappa shape index (κ3) is 4.43. The average Bonchev–Trinajstić information content (AvgIpc) is 2.78. The minimum atomic E-state index is -4.45. The molecule has 2 heterocycles. The number of anilines is 1. The highest BCUT2D eigenvalue weighted by molar-refractivity contribution is 5.89. The van der Waals surface area contributed by atoms with Crippen LogP contribution in [0.1, 0.15) is 16.8 Å². The smallest absolute Gasteiger partial charge is 0.416 e. The largest absolute Gasteiger partial charge is 0.497 e. The van der Waals surface area contributed by atoms with Gasteiger partial charge in [0.2, 0.25) is 0 Å². The summed E-state index contributed by atoms with van der Waals surface area (Å²) in [6.07, 6.45) is -4.12. The Balaban J connectivity index is 1.51. The molecule has 0 saturated heterocycles. The molecule has 0 fully saturated rings. The van der Waals surface area contributed by atoms with E-state index in [0.29, 0.717) is 34.8 Å².